The second-order valence-electron chi connectivity index (χ2n) is 10.6. The normalized spacial score (nSPS) is 17.7. The van der Waals surface area contributed by atoms with Gasteiger partial charge < -0.3 is 28.8 Å². The summed E-state index contributed by atoms with van der Waals surface area (Å²) in [6.07, 6.45) is 1.35. The van der Waals surface area contributed by atoms with Crippen molar-refractivity contribution < 1.29 is 33.1 Å². The number of carbonyl (C=O) groups excluding carboxylic acids is 2. The van der Waals surface area contributed by atoms with Gasteiger partial charge in [-0.1, -0.05) is 25.5 Å². The van der Waals surface area contributed by atoms with Crippen molar-refractivity contribution in [2.75, 3.05) is 13.7 Å². The first-order valence-electron chi connectivity index (χ1n) is 11.9. The van der Waals surface area contributed by atoms with Gasteiger partial charge in [0.05, 0.1) is 24.9 Å². The van der Waals surface area contributed by atoms with E-state index in [4.69, 9.17) is 23.5 Å². The van der Waals surface area contributed by atoms with Crippen LogP contribution in [-0.2, 0) is 30.0 Å². The van der Waals surface area contributed by atoms with Crippen LogP contribution >= 0.6 is 0 Å². The van der Waals surface area contributed by atoms with Crippen LogP contribution in [0.4, 0.5) is 4.79 Å². The van der Waals surface area contributed by atoms with E-state index >= 15 is 0 Å². The van der Waals surface area contributed by atoms with E-state index < -0.39 is 42.0 Å². The summed E-state index contributed by atoms with van der Waals surface area (Å²) in [5, 5.41) is 2.63. The summed E-state index contributed by atoms with van der Waals surface area (Å²) >= 11 is 0. The third kappa shape index (κ3) is 7.37. The van der Waals surface area contributed by atoms with Crippen molar-refractivity contribution >= 4 is 24.6 Å². The minimum absolute atomic E-state index is 0.153. The highest BCUT2D eigenvalue weighted by Gasteiger charge is 2.51. The van der Waals surface area contributed by atoms with Crippen molar-refractivity contribution in [1.82, 2.24) is 5.32 Å². The largest absolute Gasteiger partial charge is 0.494 e. The van der Waals surface area contributed by atoms with Crippen molar-refractivity contribution in [3.63, 3.8) is 0 Å². The standard InChI is InChI=1S/C25H40BNO7/c1-10-11-14-31-20-13-12-18(26-33-24(5,6)25(7,8)34-26)15-17(20)16-19(21(28)30-9)27-22(29)32-23(2,3)4/h12-13,15,19H,10-11,14,16H2,1-9H3,(H,27,29)/t19-/m0/s1. The molecule has 0 aromatic heterocycles. The zero-order valence-electron chi connectivity index (χ0n) is 22.1. The lowest BCUT2D eigenvalue weighted by atomic mass is 9.78. The second kappa shape index (κ2) is 11.0. The molecule has 1 aliphatic heterocycles. The molecule has 1 aromatic rings. The van der Waals surface area contributed by atoms with E-state index in [1.54, 1.807) is 20.8 Å². The van der Waals surface area contributed by atoms with Crippen LogP contribution in [-0.4, -0.2) is 55.7 Å². The van der Waals surface area contributed by atoms with Gasteiger partial charge in [-0.2, -0.15) is 0 Å². The molecule has 0 radical (unpaired) electrons. The Labute approximate surface area is 204 Å². The number of carbonyl (C=O) groups is 2. The Balaban J connectivity index is 2.34. The number of alkyl carbamates (subject to hydrolysis) is 1. The molecular weight excluding hydrogens is 437 g/mol. The Kier molecular flexibility index (Phi) is 9.05. The smallest absolute Gasteiger partial charge is 0.493 e. The van der Waals surface area contributed by atoms with Gasteiger partial charge in [-0.3, -0.25) is 0 Å². The topological polar surface area (TPSA) is 92.3 Å². The van der Waals surface area contributed by atoms with E-state index in [9.17, 15) is 9.59 Å². The van der Waals surface area contributed by atoms with E-state index in [1.165, 1.54) is 7.11 Å². The molecule has 0 unspecified atom stereocenters. The molecule has 8 nitrogen and oxygen atoms in total. The molecule has 1 aromatic carbocycles. The van der Waals surface area contributed by atoms with Crippen molar-refractivity contribution in [3.8, 4) is 5.75 Å². The molecule has 1 atom stereocenters. The van der Waals surface area contributed by atoms with Gasteiger partial charge in [0.25, 0.3) is 0 Å². The predicted octanol–water partition coefficient (Wildman–Crippen LogP) is 3.77. The van der Waals surface area contributed by atoms with Crippen LogP contribution in [0.25, 0.3) is 0 Å². The zero-order valence-corrected chi connectivity index (χ0v) is 22.1. The molecule has 1 N–H and O–H groups in total. The van der Waals surface area contributed by atoms with Gasteiger partial charge in [0.2, 0.25) is 0 Å². The summed E-state index contributed by atoms with van der Waals surface area (Å²) < 4.78 is 28.7. The lowest BCUT2D eigenvalue weighted by Gasteiger charge is -2.32. The average molecular weight is 477 g/mol. The van der Waals surface area contributed by atoms with Crippen molar-refractivity contribution in [2.24, 2.45) is 0 Å². The maximum Gasteiger partial charge on any atom is 0.494 e. The first-order chi connectivity index (χ1) is 15.7. The number of ether oxygens (including phenoxy) is 3. The van der Waals surface area contributed by atoms with Crippen molar-refractivity contribution in [2.45, 2.75) is 97.5 Å². The highest BCUT2D eigenvalue weighted by molar-refractivity contribution is 6.62. The van der Waals surface area contributed by atoms with E-state index in [2.05, 4.69) is 12.2 Å². The lowest BCUT2D eigenvalue weighted by Crippen LogP contribution is -2.45. The second-order valence-corrected chi connectivity index (χ2v) is 10.6. The fourth-order valence-corrected chi connectivity index (χ4v) is 3.36. The van der Waals surface area contributed by atoms with Gasteiger partial charge >= 0.3 is 19.2 Å². The van der Waals surface area contributed by atoms with Gasteiger partial charge in [-0.15, -0.1) is 0 Å². The van der Waals surface area contributed by atoms with Gasteiger partial charge in [0, 0.05) is 6.42 Å². The number of nitrogens with one attached hydrogen (secondary N) is 1. The number of esters is 1. The summed E-state index contributed by atoms with van der Waals surface area (Å²) in [6.45, 7) is 15.9. The minimum Gasteiger partial charge on any atom is -0.493 e. The number of hydrogen-bond acceptors (Lipinski definition) is 7. The fraction of sp³-hybridized carbons (Fsp3) is 0.680. The monoisotopic (exact) mass is 477 g/mol. The van der Waals surface area contributed by atoms with Crippen LogP contribution in [0.1, 0.15) is 73.8 Å². The Morgan fingerprint density at radius 1 is 1.12 bits per heavy atom. The molecular formula is C25H40BNO7. The highest BCUT2D eigenvalue weighted by atomic mass is 16.7. The molecule has 0 aliphatic carbocycles. The van der Waals surface area contributed by atoms with Crippen molar-refractivity contribution in [3.05, 3.63) is 23.8 Å². The number of amides is 1. The molecule has 9 heteroatoms. The Hall–Kier alpha value is -2.26. The summed E-state index contributed by atoms with van der Waals surface area (Å²) in [4.78, 5) is 24.9. The van der Waals surface area contributed by atoms with Crippen LogP contribution in [0.15, 0.2) is 18.2 Å². The van der Waals surface area contributed by atoms with E-state index in [0.29, 0.717) is 12.4 Å². The quantitative estimate of drug-likeness (QED) is 0.329. The fourth-order valence-electron chi connectivity index (χ4n) is 3.36. The van der Waals surface area contributed by atoms with Crippen LogP contribution in [0.5, 0.6) is 5.75 Å². The molecule has 0 saturated carbocycles. The molecule has 1 heterocycles. The van der Waals surface area contributed by atoms with Crippen LogP contribution in [0, 0.1) is 0 Å². The number of unbranched alkanes of at least 4 members (excludes halogenated alkanes) is 1. The van der Waals surface area contributed by atoms with Crippen LogP contribution in [0.3, 0.4) is 0 Å². The molecule has 2 rings (SSSR count). The van der Waals surface area contributed by atoms with E-state index in [0.717, 1.165) is 23.9 Å². The third-order valence-electron chi connectivity index (χ3n) is 5.97. The molecule has 0 spiro atoms. The summed E-state index contributed by atoms with van der Waals surface area (Å²) in [7, 11) is 0.717. The van der Waals surface area contributed by atoms with Gasteiger partial charge in [0.15, 0.2) is 0 Å². The van der Waals surface area contributed by atoms with Crippen molar-refractivity contribution in [1.29, 1.82) is 0 Å². The highest BCUT2D eigenvalue weighted by Crippen LogP contribution is 2.36. The maximum absolute atomic E-state index is 12.5. The number of benzene rings is 1. The minimum atomic E-state index is -0.957. The van der Waals surface area contributed by atoms with E-state index in [1.807, 2.05) is 45.9 Å². The Morgan fingerprint density at radius 2 is 1.74 bits per heavy atom. The van der Waals surface area contributed by atoms with E-state index in [-0.39, 0.29) is 6.42 Å². The maximum atomic E-state index is 12.5. The SMILES string of the molecule is CCCCOc1ccc(B2OC(C)(C)C(C)(C)O2)cc1C[C@H](NC(=O)OC(C)(C)C)C(=O)OC. The molecule has 1 amide bonds. The van der Waals surface area contributed by atoms with Crippen LogP contribution in [0.2, 0.25) is 0 Å². The Bertz CT molecular complexity index is 847. The summed E-state index contributed by atoms with van der Waals surface area (Å²) in [5.74, 6) is 0.0556. The number of rotatable bonds is 9. The molecule has 1 saturated heterocycles. The number of methoxy groups -OCH3 is 1. The average Bonchev–Trinajstić information content (AvgIpc) is 2.93. The molecule has 0 bridgehead atoms. The zero-order chi connectivity index (χ0) is 25.7. The first kappa shape index (κ1) is 28.0. The van der Waals surface area contributed by atoms with Crippen LogP contribution < -0.4 is 15.5 Å². The molecule has 34 heavy (non-hydrogen) atoms. The summed E-state index contributed by atoms with van der Waals surface area (Å²) in [6, 6.07) is 4.70. The number of hydrogen-bond donors (Lipinski definition) is 1. The van der Waals surface area contributed by atoms with Gasteiger partial charge in [-0.05, 0) is 72.0 Å². The summed E-state index contributed by atoms with van der Waals surface area (Å²) in [5.41, 5.74) is -0.135. The predicted molar refractivity (Wildman–Crippen MR) is 131 cm³/mol. The Morgan fingerprint density at radius 3 is 2.26 bits per heavy atom. The van der Waals surface area contributed by atoms with Gasteiger partial charge in [-0.25, -0.2) is 9.59 Å². The third-order valence-corrected chi connectivity index (χ3v) is 5.97. The molecule has 1 fully saturated rings. The van der Waals surface area contributed by atoms with Gasteiger partial charge in [0.1, 0.15) is 17.4 Å². The molecule has 190 valence electrons. The molecule has 1 aliphatic rings. The lowest BCUT2D eigenvalue weighted by molar-refractivity contribution is -0.143. The first-order valence-corrected chi connectivity index (χ1v) is 11.9.